The molecule has 7 nitrogen and oxygen atoms in total. The molecular formula is C22H29FN4O3. The average molecular weight is 416 g/mol. The quantitative estimate of drug-likeness (QED) is 0.752. The molecule has 2 heterocycles. The highest BCUT2D eigenvalue weighted by atomic mass is 19.1. The first-order valence-corrected chi connectivity index (χ1v) is 10.2. The topological polar surface area (TPSA) is 78.5 Å². The molecule has 1 N–H and O–H groups in total. The van der Waals surface area contributed by atoms with Gasteiger partial charge in [-0.2, -0.15) is 5.10 Å². The van der Waals surface area contributed by atoms with Crippen LogP contribution in [0.25, 0.3) is 0 Å². The lowest BCUT2D eigenvalue weighted by Gasteiger charge is -2.40. The number of aromatic nitrogens is 2. The summed E-state index contributed by atoms with van der Waals surface area (Å²) in [6.45, 7) is 3.11. The van der Waals surface area contributed by atoms with Crippen LogP contribution in [-0.4, -0.2) is 71.7 Å². The molecule has 1 aromatic carbocycles. The molecule has 0 aliphatic carbocycles. The minimum absolute atomic E-state index is 0.0201. The number of aryl methyl sites for hydroxylation is 1. The number of amides is 2. The van der Waals surface area contributed by atoms with Crippen molar-refractivity contribution in [3.05, 3.63) is 53.1 Å². The predicted molar refractivity (Wildman–Crippen MR) is 110 cm³/mol. The van der Waals surface area contributed by atoms with Gasteiger partial charge in [-0.15, -0.1) is 0 Å². The monoisotopic (exact) mass is 416 g/mol. The maximum atomic E-state index is 13.3. The Kier molecular flexibility index (Phi) is 7.20. The Balaban J connectivity index is 1.69. The van der Waals surface area contributed by atoms with Gasteiger partial charge in [-0.1, -0.05) is 12.1 Å². The Bertz CT molecular complexity index is 860. The summed E-state index contributed by atoms with van der Waals surface area (Å²) in [7, 11) is 3.29. The van der Waals surface area contributed by atoms with E-state index in [9.17, 15) is 14.0 Å². The Labute approximate surface area is 176 Å². The van der Waals surface area contributed by atoms with E-state index in [0.717, 1.165) is 24.1 Å². The number of carbonyl (C=O) groups excluding carboxylic acids is 2. The number of benzene rings is 1. The van der Waals surface area contributed by atoms with Crippen molar-refractivity contribution in [1.82, 2.24) is 20.0 Å². The van der Waals surface area contributed by atoms with Gasteiger partial charge in [0.25, 0.3) is 5.91 Å². The van der Waals surface area contributed by atoms with Gasteiger partial charge >= 0.3 is 0 Å². The van der Waals surface area contributed by atoms with Crippen LogP contribution in [0.3, 0.4) is 0 Å². The smallest absolute Gasteiger partial charge is 0.274 e. The molecule has 1 aromatic heterocycles. The Morgan fingerprint density at radius 2 is 1.97 bits per heavy atom. The molecule has 1 unspecified atom stereocenters. The van der Waals surface area contributed by atoms with Gasteiger partial charge in [-0.3, -0.25) is 14.7 Å². The summed E-state index contributed by atoms with van der Waals surface area (Å²) < 4.78 is 18.3. The van der Waals surface area contributed by atoms with Crippen LogP contribution in [0.15, 0.2) is 30.3 Å². The van der Waals surface area contributed by atoms with E-state index in [2.05, 4.69) is 10.2 Å². The SMILES string of the molecule is COCC(=O)N(C)C(Cc1ccc(F)cc1)C1CCN(C(=O)c2cc(C)[nH]n2)CC1. The second-order valence-electron chi connectivity index (χ2n) is 7.90. The van der Waals surface area contributed by atoms with Crippen LogP contribution in [0.2, 0.25) is 0 Å². The van der Waals surface area contributed by atoms with Crippen LogP contribution in [0, 0.1) is 18.7 Å². The van der Waals surface area contributed by atoms with Gasteiger partial charge in [0.2, 0.25) is 5.91 Å². The number of piperidine rings is 1. The van der Waals surface area contributed by atoms with Crippen molar-refractivity contribution in [2.24, 2.45) is 5.92 Å². The fraction of sp³-hybridized carbons (Fsp3) is 0.500. The number of likely N-dealkylation sites (tertiary alicyclic amines) is 1. The molecule has 1 saturated heterocycles. The zero-order valence-electron chi connectivity index (χ0n) is 17.7. The average Bonchev–Trinajstić information content (AvgIpc) is 3.19. The summed E-state index contributed by atoms with van der Waals surface area (Å²) in [5, 5.41) is 6.87. The van der Waals surface area contributed by atoms with Crippen molar-refractivity contribution in [1.29, 1.82) is 0 Å². The van der Waals surface area contributed by atoms with Gasteiger partial charge < -0.3 is 14.5 Å². The van der Waals surface area contributed by atoms with E-state index in [1.807, 2.05) is 11.8 Å². The van der Waals surface area contributed by atoms with Gasteiger partial charge in [0.1, 0.15) is 18.1 Å². The summed E-state index contributed by atoms with van der Waals surface area (Å²) in [4.78, 5) is 28.7. The number of likely N-dealkylation sites (N-methyl/N-ethyl adjacent to an activating group) is 1. The number of ether oxygens (including phenoxy) is 1. The van der Waals surface area contributed by atoms with Gasteiger partial charge in [-0.25, -0.2) is 4.39 Å². The highest BCUT2D eigenvalue weighted by molar-refractivity contribution is 5.92. The second-order valence-corrected chi connectivity index (χ2v) is 7.90. The minimum Gasteiger partial charge on any atom is -0.375 e. The number of nitrogens with zero attached hydrogens (tertiary/aromatic N) is 3. The number of nitrogens with one attached hydrogen (secondary N) is 1. The summed E-state index contributed by atoms with van der Waals surface area (Å²) in [5.74, 6) is -0.211. The molecule has 30 heavy (non-hydrogen) atoms. The Morgan fingerprint density at radius 1 is 1.30 bits per heavy atom. The number of halogens is 1. The summed E-state index contributed by atoms with van der Waals surface area (Å²) in [5.41, 5.74) is 2.26. The van der Waals surface area contributed by atoms with Gasteiger partial charge in [0, 0.05) is 39.0 Å². The van der Waals surface area contributed by atoms with Crippen LogP contribution < -0.4 is 0 Å². The largest absolute Gasteiger partial charge is 0.375 e. The molecular weight excluding hydrogens is 387 g/mol. The second kappa shape index (κ2) is 9.84. The number of hydrogen-bond donors (Lipinski definition) is 1. The molecule has 0 spiro atoms. The van der Waals surface area contributed by atoms with Crippen molar-refractivity contribution in [3.63, 3.8) is 0 Å². The summed E-state index contributed by atoms with van der Waals surface area (Å²) in [6.07, 6.45) is 2.20. The molecule has 0 bridgehead atoms. The minimum atomic E-state index is -0.278. The number of hydrogen-bond acceptors (Lipinski definition) is 4. The van der Waals surface area contributed by atoms with Gasteiger partial charge in [0.15, 0.2) is 0 Å². The van der Waals surface area contributed by atoms with E-state index in [1.54, 1.807) is 30.1 Å². The van der Waals surface area contributed by atoms with Crippen molar-refractivity contribution in [2.75, 3.05) is 33.9 Å². The standard InChI is InChI=1S/C22H29FN4O3/c1-15-12-19(25-24-15)22(29)27-10-8-17(9-11-27)20(26(2)21(28)14-30-3)13-16-4-6-18(23)7-5-16/h4-7,12,17,20H,8-11,13-14H2,1-3H3,(H,24,25). The highest BCUT2D eigenvalue weighted by Gasteiger charge is 2.33. The molecule has 0 radical (unpaired) electrons. The number of carbonyl (C=O) groups is 2. The zero-order valence-corrected chi connectivity index (χ0v) is 17.7. The third kappa shape index (κ3) is 5.24. The molecule has 3 rings (SSSR count). The molecule has 1 aliphatic rings. The van der Waals surface area contributed by atoms with E-state index < -0.39 is 0 Å². The van der Waals surface area contributed by atoms with Crippen molar-refractivity contribution >= 4 is 11.8 Å². The van der Waals surface area contributed by atoms with E-state index in [4.69, 9.17) is 4.74 Å². The Hall–Kier alpha value is -2.74. The normalized spacial score (nSPS) is 15.8. The Morgan fingerprint density at radius 3 is 2.53 bits per heavy atom. The lowest BCUT2D eigenvalue weighted by molar-refractivity contribution is -0.137. The first-order chi connectivity index (χ1) is 14.4. The van der Waals surface area contributed by atoms with Crippen LogP contribution in [-0.2, 0) is 16.0 Å². The van der Waals surface area contributed by atoms with Crippen LogP contribution in [0.1, 0.15) is 34.6 Å². The number of aromatic amines is 1. The maximum absolute atomic E-state index is 13.3. The van der Waals surface area contributed by atoms with E-state index in [-0.39, 0.29) is 36.2 Å². The molecule has 2 aromatic rings. The number of rotatable bonds is 7. The van der Waals surface area contributed by atoms with Crippen molar-refractivity contribution < 1.29 is 18.7 Å². The molecule has 8 heteroatoms. The van der Waals surface area contributed by atoms with E-state index >= 15 is 0 Å². The fourth-order valence-corrected chi connectivity index (χ4v) is 4.07. The predicted octanol–water partition coefficient (Wildman–Crippen LogP) is 2.43. The number of methoxy groups -OCH3 is 1. The van der Waals surface area contributed by atoms with Gasteiger partial charge in [0.05, 0.1) is 0 Å². The number of H-pyrrole nitrogens is 1. The summed E-state index contributed by atoms with van der Waals surface area (Å²) >= 11 is 0. The summed E-state index contributed by atoms with van der Waals surface area (Å²) in [6, 6.07) is 8.10. The van der Waals surface area contributed by atoms with Crippen molar-refractivity contribution in [3.8, 4) is 0 Å². The zero-order chi connectivity index (χ0) is 21.7. The van der Waals surface area contributed by atoms with Crippen LogP contribution >= 0.6 is 0 Å². The first-order valence-electron chi connectivity index (χ1n) is 10.2. The molecule has 0 saturated carbocycles. The van der Waals surface area contributed by atoms with E-state index in [1.165, 1.54) is 19.2 Å². The molecule has 1 aliphatic heterocycles. The molecule has 1 fully saturated rings. The molecule has 162 valence electrons. The fourth-order valence-electron chi connectivity index (χ4n) is 4.07. The van der Waals surface area contributed by atoms with Crippen molar-refractivity contribution in [2.45, 2.75) is 32.2 Å². The van der Waals surface area contributed by atoms with E-state index in [0.29, 0.717) is 25.2 Å². The van der Waals surface area contributed by atoms with Crippen LogP contribution in [0.5, 0.6) is 0 Å². The lowest BCUT2D eigenvalue weighted by Crippen LogP contribution is -2.49. The maximum Gasteiger partial charge on any atom is 0.274 e. The third-order valence-electron chi connectivity index (χ3n) is 5.81. The first kappa shape index (κ1) is 22.0. The third-order valence-corrected chi connectivity index (χ3v) is 5.81. The molecule has 1 atom stereocenters. The van der Waals surface area contributed by atoms with Crippen LogP contribution in [0.4, 0.5) is 4.39 Å². The highest BCUT2D eigenvalue weighted by Crippen LogP contribution is 2.27. The molecule has 2 amide bonds. The van der Waals surface area contributed by atoms with Gasteiger partial charge in [-0.05, 0) is 55.9 Å². The lowest BCUT2D eigenvalue weighted by atomic mass is 9.85.